The fraction of sp³-hybridized carbons (Fsp3) is 0.587. The van der Waals surface area contributed by atoms with Crippen molar-refractivity contribution in [3.05, 3.63) is 86.5 Å². The van der Waals surface area contributed by atoms with Gasteiger partial charge in [-0.05, 0) is 84.3 Å². The summed E-state index contributed by atoms with van der Waals surface area (Å²) in [4.78, 5) is 13.8. The van der Waals surface area contributed by atoms with Crippen LogP contribution in [0.3, 0.4) is 0 Å². The fourth-order valence-electron chi connectivity index (χ4n) is 6.58. The first kappa shape index (κ1) is 41.2. The topological polar surface area (TPSA) is 66.8 Å². The van der Waals surface area contributed by atoms with E-state index >= 15 is 0 Å². The van der Waals surface area contributed by atoms with Gasteiger partial charge in [-0.3, -0.25) is 4.79 Å². The van der Waals surface area contributed by atoms with E-state index in [1.165, 1.54) is 0 Å². The number of phenolic OH excluding ortho intramolecular Hbond substituents is 2. The maximum absolute atomic E-state index is 13.8. The Kier molecular flexibility index (Phi) is 11.3. The van der Waals surface area contributed by atoms with Crippen molar-refractivity contribution < 1.29 is 19.7 Å². The van der Waals surface area contributed by atoms with E-state index in [0.29, 0.717) is 30.1 Å². The summed E-state index contributed by atoms with van der Waals surface area (Å²) in [5.74, 6) is 1.13. The average Bonchev–Trinajstić information content (AvgIpc) is 2.90. The quantitative estimate of drug-likeness (QED) is 0.200. The molecule has 0 heterocycles. The molecule has 0 fully saturated rings. The lowest BCUT2D eigenvalue weighted by Gasteiger charge is -2.31. The molecule has 3 aromatic rings. The van der Waals surface area contributed by atoms with Gasteiger partial charge in [0.25, 0.3) is 0 Å². The third kappa shape index (κ3) is 9.74. The van der Waals surface area contributed by atoms with Crippen LogP contribution >= 0.6 is 0 Å². The van der Waals surface area contributed by atoms with Crippen LogP contribution in [-0.2, 0) is 50.1 Å². The zero-order valence-electron chi connectivity index (χ0n) is 34.8. The lowest BCUT2D eigenvalue weighted by Crippen LogP contribution is -2.23. The van der Waals surface area contributed by atoms with Crippen LogP contribution in [-0.4, -0.2) is 16.2 Å². The van der Waals surface area contributed by atoms with E-state index in [1.54, 1.807) is 0 Å². The summed E-state index contributed by atoms with van der Waals surface area (Å²) >= 11 is 0. The predicted molar refractivity (Wildman–Crippen MR) is 212 cm³/mol. The van der Waals surface area contributed by atoms with Crippen LogP contribution < -0.4 is 4.74 Å². The lowest BCUT2D eigenvalue weighted by molar-refractivity contribution is -0.134. The summed E-state index contributed by atoms with van der Waals surface area (Å²) in [6, 6.07) is 12.8. The Hall–Kier alpha value is -3.27. The van der Waals surface area contributed by atoms with Gasteiger partial charge in [-0.2, -0.15) is 0 Å². The largest absolute Gasteiger partial charge is 0.507 e. The summed E-state index contributed by atoms with van der Waals surface area (Å²) in [6.45, 7) is 38.5. The molecular weight excluding hydrogens is 617 g/mol. The van der Waals surface area contributed by atoms with E-state index in [0.717, 1.165) is 50.1 Å². The summed E-state index contributed by atoms with van der Waals surface area (Å²) < 4.78 is 6.40. The molecule has 0 bridgehead atoms. The minimum atomic E-state index is -0.284. The number of carbonyl (C=O) groups excluding carboxylic acids is 1. The number of benzene rings is 3. The molecule has 3 aromatic carbocycles. The second-order valence-corrected chi connectivity index (χ2v) is 20.8. The van der Waals surface area contributed by atoms with Crippen LogP contribution in [0.2, 0.25) is 0 Å². The van der Waals surface area contributed by atoms with Crippen LogP contribution in [0.1, 0.15) is 181 Å². The minimum Gasteiger partial charge on any atom is -0.507 e. The second kappa shape index (κ2) is 13.7. The molecule has 50 heavy (non-hydrogen) atoms. The maximum atomic E-state index is 13.8. The highest BCUT2D eigenvalue weighted by Gasteiger charge is 2.31. The molecule has 0 aliphatic heterocycles. The first-order valence-electron chi connectivity index (χ1n) is 18.4. The Balaban J connectivity index is 2.09. The van der Waals surface area contributed by atoms with Crippen LogP contribution in [0.5, 0.6) is 17.2 Å². The standard InChI is InChI=1S/C46H68O4/c1-41(2,3)31-22-28(23-32(38(31)48)42(4,5)6)19-20-37(47)50-40-35(45(13,14)15)26-30(27-36(40)46(16,17)18)21-29-24-33(43(7,8)9)39(49)34(25-29)44(10,11)12/h22-27,48-49H,19-21H2,1-18H3. The molecule has 0 aliphatic carbocycles. The summed E-state index contributed by atoms with van der Waals surface area (Å²) in [5, 5.41) is 22.5. The van der Waals surface area contributed by atoms with E-state index in [2.05, 4.69) is 149 Å². The number of carbonyl (C=O) groups is 1. The van der Waals surface area contributed by atoms with Gasteiger partial charge in [-0.15, -0.1) is 0 Å². The smallest absolute Gasteiger partial charge is 0.311 e. The molecule has 4 heteroatoms. The van der Waals surface area contributed by atoms with E-state index < -0.39 is 0 Å². The van der Waals surface area contributed by atoms with Crippen LogP contribution in [0, 0.1) is 0 Å². The number of rotatable bonds is 6. The van der Waals surface area contributed by atoms with Crippen LogP contribution in [0.15, 0.2) is 36.4 Å². The van der Waals surface area contributed by atoms with Gasteiger partial charge in [0, 0.05) is 17.5 Å². The Morgan fingerprint density at radius 2 is 0.720 bits per heavy atom. The predicted octanol–water partition coefficient (Wildman–Crippen LogP) is 12.0. The first-order chi connectivity index (χ1) is 22.3. The number of aryl methyl sites for hydroxylation is 1. The summed E-state index contributed by atoms with van der Waals surface area (Å²) in [7, 11) is 0. The van der Waals surface area contributed by atoms with E-state index in [4.69, 9.17) is 4.74 Å². The molecule has 0 spiro atoms. The van der Waals surface area contributed by atoms with Gasteiger partial charge in [-0.25, -0.2) is 0 Å². The molecule has 0 saturated heterocycles. The maximum Gasteiger partial charge on any atom is 0.311 e. The highest BCUT2D eigenvalue weighted by molar-refractivity contribution is 5.74. The molecule has 0 amide bonds. The van der Waals surface area contributed by atoms with Gasteiger partial charge in [0.1, 0.15) is 17.2 Å². The second-order valence-electron chi connectivity index (χ2n) is 20.8. The molecule has 2 N–H and O–H groups in total. The molecule has 0 saturated carbocycles. The third-order valence-electron chi connectivity index (χ3n) is 9.58. The minimum absolute atomic E-state index is 0.214. The van der Waals surface area contributed by atoms with Gasteiger partial charge < -0.3 is 14.9 Å². The normalized spacial score (nSPS) is 13.5. The summed E-state index contributed by atoms with van der Waals surface area (Å²) in [6.07, 6.45) is 1.44. The molecule has 3 rings (SSSR count). The van der Waals surface area contributed by atoms with Crippen molar-refractivity contribution in [2.24, 2.45) is 0 Å². The van der Waals surface area contributed by atoms with Crippen molar-refractivity contribution in [2.45, 2.75) is 176 Å². The van der Waals surface area contributed by atoms with Gasteiger partial charge >= 0.3 is 5.97 Å². The molecule has 0 unspecified atom stereocenters. The highest BCUT2D eigenvalue weighted by Crippen LogP contribution is 2.44. The Labute approximate surface area is 305 Å². The number of ether oxygens (including phenoxy) is 1. The van der Waals surface area contributed by atoms with E-state index in [1.807, 2.05) is 12.1 Å². The molecule has 276 valence electrons. The first-order valence-corrected chi connectivity index (χ1v) is 18.4. The van der Waals surface area contributed by atoms with Crippen molar-refractivity contribution in [3.8, 4) is 17.2 Å². The monoisotopic (exact) mass is 685 g/mol. The van der Waals surface area contributed by atoms with Crippen molar-refractivity contribution in [3.63, 3.8) is 0 Å². The SMILES string of the molecule is CC(C)(C)c1cc(CCC(=O)Oc2c(C(C)(C)C)cc(Cc3cc(C(C)(C)C)c(O)c(C(C)(C)C)c3)cc2C(C)(C)C)cc(C(C)(C)C)c1O. The molecular formula is C46H68O4. The van der Waals surface area contributed by atoms with Crippen molar-refractivity contribution >= 4 is 5.97 Å². The number of esters is 1. The zero-order valence-corrected chi connectivity index (χ0v) is 34.8. The van der Waals surface area contributed by atoms with Crippen molar-refractivity contribution in [2.75, 3.05) is 0 Å². The Morgan fingerprint density at radius 3 is 1.00 bits per heavy atom. The summed E-state index contributed by atoms with van der Waals surface area (Å²) in [5.41, 5.74) is 7.56. The number of hydrogen-bond donors (Lipinski definition) is 2. The molecule has 0 aromatic heterocycles. The van der Waals surface area contributed by atoms with Gasteiger partial charge in [0.2, 0.25) is 0 Å². The van der Waals surface area contributed by atoms with Gasteiger partial charge in [0.15, 0.2) is 0 Å². The molecule has 0 aliphatic rings. The zero-order chi connectivity index (χ0) is 38.6. The third-order valence-corrected chi connectivity index (χ3v) is 9.58. The molecule has 4 nitrogen and oxygen atoms in total. The highest BCUT2D eigenvalue weighted by atomic mass is 16.5. The van der Waals surface area contributed by atoms with E-state index in [-0.39, 0.29) is 44.9 Å². The Morgan fingerprint density at radius 1 is 0.460 bits per heavy atom. The molecule has 0 atom stereocenters. The number of phenols is 2. The molecule has 0 radical (unpaired) electrons. The number of hydrogen-bond acceptors (Lipinski definition) is 4. The van der Waals surface area contributed by atoms with Gasteiger partial charge in [0.05, 0.1) is 0 Å². The average molecular weight is 685 g/mol. The lowest BCUT2D eigenvalue weighted by atomic mass is 9.76. The van der Waals surface area contributed by atoms with Crippen molar-refractivity contribution in [1.82, 2.24) is 0 Å². The fourth-order valence-corrected chi connectivity index (χ4v) is 6.58. The van der Waals surface area contributed by atoms with Crippen LogP contribution in [0.4, 0.5) is 0 Å². The van der Waals surface area contributed by atoms with Crippen molar-refractivity contribution in [1.29, 1.82) is 0 Å². The van der Waals surface area contributed by atoms with E-state index in [9.17, 15) is 15.0 Å². The Bertz CT molecular complexity index is 1610. The van der Waals surface area contributed by atoms with Gasteiger partial charge in [-0.1, -0.05) is 161 Å². The number of aromatic hydroxyl groups is 2. The van der Waals surface area contributed by atoms with Crippen LogP contribution in [0.25, 0.3) is 0 Å².